The van der Waals surface area contributed by atoms with Gasteiger partial charge < -0.3 is 24.3 Å². The molecule has 2 rings (SSSR count). The predicted octanol–water partition coefficient (Wildman–Crippen LogP) is 1.50. The predicted molar refractivity (Wildman–Crippen MR) is 107 cm³/mol. The van der Waals surface area contributed by atoms with Crippen LogP contribution >= 0.6 is 0 Å². The average molecular weight is 414 g/mol. The fourth-order valence-electron chi connectivity index (χ4n) is 2.74. The lowest BCUT2D eigenvalue weighted by molar-refractivity contribution is -0.114. The second kappa shape index (κ2) is 8.42. The zero-order chi connectivity index (χ0) is 21.3. The van der Waals surface area contributed by atoms with Gasteiger partial charge in [0, 0.05) is 20.2 Å². The van der Waals surface area contributed by atoms with Crippen LogP contribution in [0.2, 0.25) is 18.1 Å². The lowest BCUT2D eigenvalue weighted by atomic mass is 10.1. The van der Waals surface area contributed by atoms with Crippen molar-refractivity contribution < 1.29 is 23.8 Å². The van der Waals surface area contributed by atoms with Crippen molar-refractivity contribution in [3.05, 3.63) is 22.7 Å². The minimum Gasteiger partial charge on any atom is -0.407 e. The van der Waals surface area contributed by atoms with Gasteiger partial charge in [0.1, 0.15) is 24.1 Å². The van der Waals surface area contributed by atoms with E-state index < -0.39 is 38.5 Å². The number of aromatic nitrogens is 2. The summed E-state index contributed by atoms with van der Waals surface area (Å²) in [4.78, 5) is 27.6. The maximum atomic E-state index is 12.6. The van der Waals surface area contributed by atoms with Gasteiger partial charge in [-0.2, -0.15) is 4.98 Å². The van der Waals surface area contributed by atoms with Crippen LogP contribution in [0.3, 0.4) is 0 Å². The largest absolute Gasteiger partial charge is 0.407 e. The number of rotatable bonds is 6. The van der Waals surface area contributed by atoms with Gasteiger partial charge in [0.25, 0.3) is 0 Å². The summed E-state index contributed by atoms with van der Waals surface area (Å²) in [7, 11) is -0.746. The zero-order valence-corrected chi connectivity index (χ0v) is 18.6. The molecule has 10 heteroatoms. The van der Waals surface area contributed by atoms with Gasteiger partial charge in [0.05, 0.1) is 6.61 Å². The molecule has 0 aromatic carbocycles. The number of carbonyl (C=O) groups is 1. The molecule has 0 aliphatic carbocycles. The Morgan fingerprint density at radius 3 is 2.57 bits per heavy atom. The molecule has 0 saturated carbocycles. The quantitative estimate of drug-likeness (QED) is 0.680. The molecule has 1 saturated heterocycles. The Morgan fingerprint density at radius 1 is 1.43 bits per heavy atom. The molecule has 1 aliphatic heterocycles. The molecule has 1 fully saturated rings. The van der Waals surface area contributed by atoms with Crippen LogP contribution in [-0.4, -0.2) is 60.9 Å². The molecule has 9 nitrogen and oxygen atoms in total. The first-order valence-electron chi connectivity index (χ1n) is 9.24. The Balaban J connectivity index is 2.38. The summed E-state index contributed by atoms with van der Waals surface area (Å²) < 4.78 is 18.8. The van der Waals surface area contributed by atoms with Gasteiger partial charge >= 0.3 is 5.69 Å². The number of aliphatic hydroxyl groups excluding tert-OH is 1. The van der Waals surface area contributed by atoms with Crippen LogP contribution < -0.4 is 11.0 Å². The normalized spacial score (nSPS) is 25.7. The van der Waals surface area contributed by atoms with Gasteiger partial charge in [-0.05, 0) is 24.2 Å². The lowest BCUT2D eigenvalue weighted by Crippen LogP contribution is -2.49. The first kappa shape index (κ1) is 22.7. The molecule has 1 amide bonds. The minimum atomic E-state index is -2.26. The van der Waals surface area contributed by atoms with Gasteiger partial charge in [-0.15, -0.1) is 0 Å². The number of ether oxygens (including phenoxy) is 2. The van der Waals surface area contributed by atoms with E-state index in [9.17, 15) is 14.7 Å². The highest BCUT2D eigenvalue weighted by Crippen LogP contribution is 2.41. The van der Waals surface area contributed by atoms with Crippen LogP contribution in [0.1, 0.15) is 33.9 Å². The van der Waals surface area contributed by atoms with Crippen molar-refractivity contribution in [1.82, 2.24) is 9.55 Å². The third kappa shape index (κ3) is 4.87. The summed E-state index contributed by atoms with van der Waals surface area (Å²) in [6.45, 7) is 11.9. The molecule has 4 atom stereocenters. The number of hydrogen-bond donors (Lipinski definition) is 2. The van der Waals surface area contributed by atoms with Crippen molar-refractivity contribution in [3.63, 3.8) is 0 Å². The number of methoxy groups -OCH3 is 1. The molecular formula is C18H31N3O6Si. The van der Waals surface area contributed by atoms with Crippen molar-refractivity contribution in [3.8, 4) is 0 Å². The van der Waals surface area contributed by atoms with E-state index in [1.54, 1.807) is 0 Å². The van der Waals surface area contributed by atoms with Crippen molar-refractivity contribution in [1.29, 1.82) is 0 Å². The van der Waals surface area contributed by atoms with Crippen LogP contribution in [-0.2, 0) is 18.7 Å². The van der Waals surface area contributed by atoms with E-state index in [4.69, 9.17) is 13.9 Å². The number of hydrogen-bond acceptors (Lipinski definition) is 7. The topological polar surface area (TPSA) is 112 Å². The molecule has 0 spiro atoms. The molecule has 2 N–H and O–H groups in total. The number of carbonyl (C=O) groups excluding carboxylic acids is 1. The molecule has 1 aliphatic rings. The Bertz CT molecular complexity index is 760. The molecule has 158 valence electrons. The van der Waals surface area contributed by atoms with E-state index in [1.165, 1.54) is 30.9 Å². The molecule has 1 aromatic rings. The van der Waals surface area contributed by atoms with Gasteiger partial charge in [0.15, 0.2) is 14.5 Å². The van der Waals surface area contributed by atoms with E-state index in [1.807, 2.05) is 0 Å². The zero-order valence-electron chi connectivity index (χ0n) is 17.6. The monoisotopic (exact) mass is 413 g/mol. The smallest absolute Gasteiger partial charge is 0.351 e. The van der Waals surface area contributed by atoms with E-state index in [0.717, 1.165) is 0 Å². The maximum absolute atomic E-state index is 12.6. The molecule has 28 heavy (non-hydrogen) atoms. The Hall–Kier alpha value is -1.59. The number of amides is 1. The summed E-state index contributed by atoms with van der Waals surface area (Å²) in [6, 6.07) is 1.51. The van der Waals surface area contributed by atoms with Gasteiger partial charge in [0.2, 0.25) is 5.91 Å². The van der Waals surface area contributed by atoms with Gasteiger partial charge in [-0.1, -0.05) is 20.8 Å². The first-order chi connectivity index (χ1) is 12.9. The molecule has 2 heterocycles. The molecule has 1 aromatic heterocycles. The Morgan fingerprint density at radius 2 is 2.07 bits per heavy atom. The van der Waals surface area contributed by atoms with Crippen LogP contribution in [0, 0.1) is 0 Å². The second-order valence-electron chi connectivity index (χ2n) is 8.54. The number of aliphatic hydroxyl groups is 1. The van der Waals surface area contributed by atoms with E-state index in [-0.39, 0.29) is 23.4 Å². The van der Waals surface area contributed by atoms with E-state index in [2.05, 4.69) is 44.2 Å². The average Bonchev–Trinajstić information content (AvgIpc) is 2.83. The molecule has 1 unspecified atom stereocenters. The van der Waals surface area contributed by atoms with Crippen molar-refractivity contribution in [2.24, 2.45) is 0 Å². The summed E-state index contributed by atoms with van der Waals surface area (Å²) in [5.74, 6) is -0.168. The standard InChI is InChI=1S/C18H31N3O6Si/c1-11(22)19-13-8-9-21(17(24)20-13)16-15(14(23)12(26-16)10-25-5)27-28(6,7)18(2,3)4/h8-9,12,14-16,23H,10H2,1-7H3,(H,19,20,22,24)/t12-,14?,15+,16-/m1/s1. The van der Waals surface area contributed by atoms with Crippen molar-refractivity contribution >= 4 is 20.0 Å². The van der Waals surface area contributed by atoms with Gasteiger partial charge in [-0.3, -0.25) is 9.36 Å². The van der Waals surface area contributed by atoms with Crippen LogP contribution in [0.4, 0.5) is 5.82 Å². The summed E-state index contributed by atoms with van der Waals surface area (Å²) in [5.41, 5.74) is -0.606. The highest BCUT2D eigenvalue weighted by Gasteiger charge is 2.50. The highest BCUT2D eigenvalue weighted by molar-refractivity contribution is 6.74. The second-order valence-corrected chi connectivity index (χ2v) is 13.3. The molecular weight excluding hydrogens is 382 g/mol. The summed E-state index contributed by atoms with van der Waals surface area (Å²) in [6.07, 6.45) is -1.70. The van der Waals surface area contributed by atoms with Crippen LogP contribution in [0.5, 0.6) is 0 Å². The third-order valence-corrected chi connectivity index (χ3v) is 9.76. The SMILES string of the molecule is COC[C@H]1O[C@@H](n2ccc(NC(C)=O)nc2=O)[C@@H](O[Si](C)(C)C(C)(C)C)C1O. The number of nitrogens with one attached hydrogen (secondary N) is 1. The Labute approximate surface area is 166 Å². The van der Waals surface area contributed by atoms with E-state index >= 15 is 0 Å². The first-order valence-corrected chi connectivity index (χ1v) is 12.2. The summed E-state index contributed by atoms with van der Waals surface area (Å²) in [5, 5.41) is 13.2. The molecule has 0 bridgehead atoms. The fraction of sp³-hybridized carbons (Fsp3) is 0.722. The fourth-order valence-corrected chi connectivity index (χ4v) is 4.03. The molecule has 0 radical (unpaired) electrons. The third-order valence-electron chi connectivity index (χ3n) is 5.29. The van der Waals surface area contributed by atoms with E-state index in [0.29, 0.717) is 0 Å². The lowest BCUT2D eigenvalue weighted by Gasteiger charge is -2.40. The number of anilines is 1. The van der Waals surface area contributed by atoms with Crippen LogP contribution in [0.15, 0.2) is 17.1 Å². The van der Waals surface area contributed by atoms with Crippen molar-refractivity contribution in [2.75, 3.05) is 19.0 Å². The number of nitrogens with zero attached hydrogens (tertiary/aromatic N) is 2. The summed E-state index contributed by atoms with van der Waals surface area (Å²) >= 11 is 0. The van der Waals surface area contributed by atoms with Crippen LogP contribution in [0.25, 0.3) is 0 Å². The maximum Gasteiger partial charge on any atom is 0.351 e. The Kier molecular flexibility index (Phi) is 6.82. The van der Waals surface area contributed by atoms with Gasteiger partial charge in [-0.25, -0.2) is 4.79 Å². The minimum absolute atomic E-state index is 0.0882. The van der Waals surface area contributed by atoms with Crippen molar-refractivity contribution in [2.45, 2.75) is 70.4 Å². The highest BCUT2D eigenvalue weighted by atomic mass is 28.4.